The lowest BCUT2D eigenvalue weighted by atomic mass is 10.1. The molecule has 0 atom stereocenters. The fourth-order valence-corrected chi connectivity index (χ4v) is 2.11. The first kappa shape index (κ1) is 12.8. The number of hydrogen-bond donors (Lipinski definition) is 0. The minimum absolute atomic E-state index is 0.633. The Morgan fingerprint density at radius 1 is 1.11 bits per heavy atom. The van der Waals surface area contributed by atoms with Gasteiger partial charge in [-0.25, -0.2) is 0 Å². The first-order valence-corrected chi connectivity index (χ1v) is 6.66. The average molecular weight is 243 g/mol. The number of rotatable bonds is 6. The second-order valence-corrected chi connectivity index (χ2v) is 5.13. The summed E-state index contributed by atoms with van der Waals surface area (Å²) in [7, 11) is 0. The Labute approximate surface area is 109 Å². The van der Waals surface area contributed by atoms with Gasteiger partial charge in [0.25, 0.3) is 0 Å². The molecule has 0 saturated carbocycles. The zero-order chi connectivity index (χ0) is 12.8. The highest BCUT2D eigenvalue weighted by Gasteiger charge is 2.05. The van der Waals surface area contributed by atoms with Gasteiger partial charge < -0.3 is 4.57 Å². The summed E-state index contributed by atoms with van der Waals surface area (Å²) in [6.07, 6.45) is 5.08. The molecule has 0 aliphatic heterocycles. The third-order valence-corrected chi connectivity index (χ3v) is 2.97. The van der Waals surface area contributed by atoms with Gasteiger partial charge in [-0.2, -0.15) is 0 Å². The van der Waals surface area contributed by atoms with Crippen LogP contribution in [0.4, 0.5) is 0 Å². The van der Waals surface area contributed by atoms with Gasteiger partial charge in [0.1, 0.15) is 12.2 Å². The Morgan fingerprint density at radius 3 is 2.61 bits per heavy atom. The number of hydrogen-bond acceptors (Lipinski definition) is 2. The van der Waals surface area contributed by atoms with E-state index >= 15 is 0 Å². The van der Waals surface area contributed by atoms with Gasteiger partial charge >= 0.3 is 0 Å². The number of aromatic nitrogens is 3. The van der Waals surface area contributed by atoms with Crippen LogP contribution in [0.3, 0.4) is 0 Å². The van der Waals surface area contributed by atoms with Crippen LogP contribution in [-0.2, 0) is 19.4 Å². The summed E-state index contributed by atoms with van der Waals surface area (Å²) in [6, 6.07) is 10.6. The summed E-state index contributed by atoms with van der Waals surface area (Å²) in [5.41, 5.74) is 1.40. The average Bonchev–Trinajstić information content (AvgIpc) is 2.77. The maximum absolute atomic E-state index is 4.21. The van der Waals surface area contributed by atoms with Crippen molar-refractivity contribution in [1.29, 1.82) is 0 Å². The maximum atomic E-state index is 4.21. The quantitative estimate of drug-likeness (QED) is 0.780. The SMILES string of the molecule is CC(C)Cn1cnnc1CCCc1ccccc1. The molecule has 3 nitrogen and oxygen atoms in total. The fraction of sp³-hybridized carbons (Fsp3) is 0.467. The van der Waals surface area contributed by atoms with Gasteiger partial charge in [0, 0.05) is 13.0 Å². The Balaban J connectivity index is 1.85. The zero-order valence-electron chi connectivity index (χ0n) is 11.2. The standard InChI is InChI=1S/C15H21N3/c1-13(2)11-18-12-16-17-15(18)10-6-9-14-7-4-3-5-8-14/h3-5,7-8,12-13H,6,9-11H2,1-2H3. The van der Waals surface area contributed by atoms with E-state index in [0.29, 0.717) is 5.92 Å². The van der Waals surface area contributed by atoms with E-state index in [1.165, 1.54) is 5.56 Å². The van der Waals surface area contributed by atoms with E-state index in [-0.39, 0.29) is 0 Å². The van der Waals surface area contributed by atoms with Gasteiger partial charge in [-0.1, -0.05) is 44.2 Å². The molecular weight excluding hydrogens is 222 g/mol. The summed E-state index contributed by atoms with van der Waals surface area (Å²) in [5, 5.41) is 8.23. The molecule has 1 aromatic carbocycles. The van der Waals surface area contributed by atoms with Crippen molar-refractivity contribution in [3.63, 3.8) is 0 Å². The van der Waals surface area contributed by atoms with Crippen molar-refractivity contribution in [1.82, 2.24) is 14.8 Å². The lowest BCUT2D eigenvalue weighted by molar-refractivity contribution is 0.503. The van der Waals surface area contributed by atoms with Crippen LogP contribution in [0.15, 0.2) is 36.7 Å². The van der Waals surface area contributed by atoms with Crippen molar-refractivity contribution < 1.29 is 0 Å². The van der Waals surface area contributed by atoms with Crippen molar-refractivity contribution in [2.24, 2.45) is 5.92 Å². The number of aryl methyl sites for hydroxylation is 2. The maximum Gasteiger partial charge on any atom is 0.132 e. The molecule has 2 aromatic rings. The molecule has 0 aliphatic rings. The van der Waals surface area contributed by atoms with Crippen LogP contribution in [0.25, 0.3) is 0 Å². The van der Waals surface area contributed by atoms with Crippen molar-refractivity contribution in [2.45, 2.75) is 39.7 Å². The molecule has 2 rings (SSSR count). The highest BCUT2D eigenvalue weighted by atomic mass is 15.3. The van der Waals surface area contributed by atoms with E-state index in [2.05, 4.69) is 58.9 Å². The first-order valence-electron chi connectivity index (χ1n) is 6.66. The lowest BCUT2D eigenvalue weighted by Gasteiger charge is -2.08. The van der Waals surface area contributed by atoms with Crippen molar-refractivity contribution in [3.05, 3.63) is 48.0 Å². The van der Waals surface area contributed by atoms with Crippen LogP contribution >= 0.6 is 0 Å². The summed E-state index contributed by atoms with van der Waals surface area (Å²) in [4.78, 5) is 0. The third kappa shape index (κ3) is 3.69. The predicted molar refractivity (Wildman–Crippen MR) is 73.3 cm³/mol. The Bertz CT molecular complexity index is 460. The molecule has 0 fully saturated rings. The largest absolute Gasteiger partial charge is 0.317 e. The Kier molecular flexibility index (Phi) is 4.51. The van der Waals surface area contributed by atoms with Crippen molar-refractivity contribution in [2.75, 3.05) is 0 Å². The molecule has 0 saturated heterocycles. The zero-order valence-corrected chi connectivity index (χ0v) is 11.2. The smallest absolute Gasteiger partial charge is 0.132 e. The van der Waals surface area contributed by atoms with E-state index in [1.54, 1.807) is 0 Å². The first-order chi connectivity index (χ1) is 8.75. The Hall–Kier alpha value is -1.64. The van der Waals surface area contributed by atoms with Gasteiger partial charge in [-0.15, -0.1) is 10.2 Å². The third-order valence-electron chi connectivity index (χ3n) is 2.97. The molecule has 0 aliphatic carbocycles. The summed E-state index contributed by atoms with van der Waals surface area (Å²) in [5.74, 6) is 1.74. The van der Waals surface area contributed by atoms with E-state index in [0.717, 1.165) is 31.6 Å². The van der Waals surface area contributed by atoms with Crippen molar-refractivity contribution in [3.8, 4) is 0 Å². The molecule has 18 heavy (non-hydrogen) atoms. The molecule has 0 amide bonds. The normalized spacial score (nSPS) is 11.1. The van der Waals surface area contributed by atoms with Crippen LogP contribution in [0.2, 0.25) is 0 Å². The highest BCUT2D eigenvalue weighted by Crippen LogP contribution is 2.08. The second kappa shape index (κ2) is 6.34. The minimum atomic E-state index is 0.633. The van der Waals surface area contributed by atoms with Crippen LogP contribution in [0.5, 0.6) is 0 Å². The van der Waals surface area contributed by atoms with Gasteiger partial charge in [-0.3, -0.25) is 0 Å². The molecule has 0 bridgehead atoms. The molecule has 3 heteroatoms. The monoisotopic (exact) mass is 243 g/mol. The van der Waals surface area contributed by atoms with Gasteiger partial charge in [0.05, 0.1) is 0 Å². The van der Waals surface area contributed by atoms with Gasteiger partial charge in [0.15, 0.2) is 0 Å². The fourth-order valence-electron chi connectivity index (χ4n) is 2.11. The predicted octanol–water partition coefficient (Wildman–Crippen LogP) is 3.11. The number of benzene rings is 1. The van der Waals surface area contributed by atoms with Crippen LogP contribution in [0.1, 0.15) is 31.7 Å². The van der Waals surface area contributed by atoms with Crippen LogP contribution in [0, 0.1) is 5.92 Å². The molecule has 0 unspecified atom stereocenters. The van der Waals surface area contributed by atoms with E-state index in [9.17, 15) is 0 Å². The van der Waals surface area contributed by atoms with Crippen molar-refractivity contribution >= 4 is 0 Å². The summed E-state index contributed by atoms with van der Waals surface area (Å²) >= 11 is 0. The molecule has 0 spiro atoms. The minimum Gasteiger partial charge on any atom is -0.317 e. The summed E-state index contributed by atoms with van der Waals surface area (Å²) < 4.78 is 2.18. The van der Waals surface area contributed by atoms with Crippen LogP contribution in [-0.4, -0.2) is 14.8 Å². The molecular formula is C15H21N3. The van der Waals surface area contributed by atoms with Crippen LogP contribution < -0.4 is 0 Å². The lowest BCUT2D eigenvalue weighted by Crippen LogP contribution is -2.08. The Morgan fingerprint density at radius 2 is 1.89 bits per heavy atom. The van der Waals surface area contributed by atoms with Gasteiger partial charge in [0.2, 0.25) is 0 Å². The molecule has 1 aromatic heterocycles. The van der Waals surface area contributed by atoms with E-state index < -0.39 is 0 Å². The molecule has 0 radical (unpaired) electrons. The van der Waals surface area contributed by atoms with E-state index in [1.807, 2.05) is 6.33 Å². The molecule has 1 heterocycles. The second-order valence-electron chi connectivity index (χ2n) is 5.13. The van der Waals surface area contributed by atoms with E-state index in [4.69, 9.17) is 0 Å². The highest BCUT2D eigenvalue weighted by molar-refractivity contribution is 5.14. The molecule has 96 valence electrons. The van der Waals surface area contributed by atoms with Gasteiger partial charge in [-0.05, 0) is 24.3 Å². The summed E-state index contributed by atoms with van der Waals surface area (Å²) in [6.45, 7) is 5.44. The topological polar surface area (TPSA) is 30.7 Å². The number of nitrogens with zero attached hydrogens (tertiary/aromatic N) is 3. The molecule has 0 N–H and O–H groups in total.